The fourth-order valence-electron chi connectivity index (χ4n) is 4.00. The first-order chi connectivity index (χ1) is 11.7. The zero-order valence-corrected chi connectivity index (χ0v) is 16.4. The minimum Gasteiger partial charge on any atom is -0.303 e. The van der Waals surface area contributed by atoms with Gasteiger partial charge < -0.3 is 4.79 Å². The second-order valence-corrected chi connectivity index (χ2v) is 9.09. The summed E-state index contributed by atoms with van der Waals surface area (Å²) in [6.07, 6.45) is 4.14. The summed E-state index contributed by atoms with van der Waals surface area (Å²) in [7, 11) is 0. The maximum Gasteiger partial charge on any atom is 0.127 e. The largest absolute Gasteiger partial charge is 0.303 e. The van der Waals surface area contributed by atoms with Crippen LogP contribution < -0.4 is 0 Å². The maximum absolute atomic E-state index is 11.8. The normalized spacial score (nSPS) is 19.1. The highest BCUT2D eigenvalue weighted by Crippen LogP contribution is 2.46. The molecule has 2 heteroatoms. The van der Waals surface area contributed by atoms with E-state index < -0.39 is 0 Å². The predicted octanol–water partition coefficient (Wildman–Crippen LogP) is 6.21. The zero-order valence-electron chi connectivity index (χ0n) is 15.6. The average molecular weight is 355 g/mol. The lowest BCUT2D eigenvalue weighted by Crippen LogP contribution is -2.34. The number of halogens is 1. The number of hydrogen-bond acceptors (Lipinski definition) is 1. The van der Waals surface area contributed by atoms with E-state index in [1.807, 2.05) is 24.3 Å². The standard InChI is InChI=1S/C23H27ClO/c1-22(2)10-11-23(3,4)21-14-17(8-9-20(21)22)18(15-25)12-16-6-5-7-19(24)13-16/h5-9,13-15,18H,10-12H2,1-4H3/t18-/m1/s1. The second kappa shape index (κ2) is 6.61. The van der Waals surface area contributed by atoms with E-state index in [-0.39, 0.29) is 16.7 Å². The Morgan fingerprint density at radius 1 is 1.00 bits per heavy atom. The van der Waals surface area contributed by atoms with Gasteiger partial charge in [0.05, 0.1) is 0 Å². The number of carbonyl (C=O) groups is 1. The molecule has 1 nitrogen and oxygen atoms in total. The third-order valence-corrected chi connectivity index (χ3v) is 6.05. The first-order valence-corrected chi connectivity index (χ1v) is 9.45. The topological polar surface area (TPSA) is 17.1 Å². The van der Waals surface area contributed by atoms with Crippen LogP contribution in [0.15, 0.2) is 42.5 Å². The molecule has 0 saturated heterocycles. The van der Waals surface area contributed by atoms with Crippen LogP contribution in [-0.4, -0.2) is 6.29 Å². The molecule has 0 aliphatic heterocycles. The SMILES string of the molecule is CC1(C)CCC(C)(C)c2cc([C@@H](C=O)Cc3cccc(Cl)c3)ccc21. The Morgan fingerprint density at radius 3 is 2.32 bits per heavy atom. The highest BCUT2D eigenvalue weighted by Gasteiger charge is 2.37. The molecule has 0 fully saturated rings. The minimum atomic E-state index is -0.135. The number of benzene rings is 2. The van der Waals surface area contributed by atoms with Gasteiger partial charge >= 0.3 is 0 Å². The molecule has 2 aromatic rings. The van der Waals surface area contributed by atoms with Gasteiger partial charge in [-0.1, -0.05) is 69.6 Å². The molecule has 2 aromatic carbocycles. The summed E-state index contributed by atoms with van der Waals surface area (Å²) in [5, 5.41) is 0.718. The summed E-state index contributed by atoms with van der Waals surface area (Å²) in [4.78, 5) is 11.8. The molecule has 132 valence electrons. The van der Waals surface area contributed by atoms with Crippen molar-refractivity contribution in [2.45, 2.75) is 63.7 Å². The molecule has 1 aliphatic rings. The molecule has 0 N–H and O–H groups in total. The molecule has 0 heterocycles. The van der Waals surface area contributed by atoms with Crippen molar-refractivity contribution in [3.8, 4) is 0 Å². The molecule has 0 saturated carbocycles. The molecular formula is C23H27ClO. The van der Waals surface area contributed by atoms with Crippen molar-refractivity contribution in [3.05, 3.63) is 69.7 Å². The van der Waals surface area contributed by atoms with Crippen molar-refractivity contribution in [2.24, 2.45) is 0 Å². The molecule has 0 unspecified atom stereocenters. The van der Waals surface area contributed by atoms with E-state index in [2.05, 4.69) is 45.9 Å². The molecule has 25 heavy (non-hydrogen) atoms. The van der Waals surface area contributed by atoms with E-state index in [4.69, 9.17) is 11.6 Å². The van der Waals surface area contributed by atoms with Crippen LogP contribution in [0.2, 0.25) is 5.02 Å². The molecule has 1 atom stereocenters. The Balaban J connectivity index is 1.98. The fraction of sp³-hybridized carbons (Fsp3) is 0.435. The number of carbonyl (C=O) groups excluding carboxylic acids is 1. The predicted molar refractivity (Wildman–Crippen MR) is 106 cm³/mol. The molecule has 1 aliphatic carbocycles. The fourth-order valence-corrected chi connectivity index (χ4v) is 4.21. The Morgan fingerprint density at radius 2 is 1.68 bits per heavy atom. The van der Waals surface area contributed by atoms with Crippen molar-refractivity contribution < 1.29 is 4.79 Å². The Bertz CT molecular complexity index is 788. The maximum atomic E-state index is 11.8. The molecule has 0 bridgehead atoms. The molecule has 0 amide bonds. The van der Waals surface area contributed by atoms with Crippen molar-refractivity contribution >= 4 is 17.9 Å². The first kappa shape index (κ1) is 18.2. The Labute approximate surface area is 156 Å². The van der Waals surface area contributed by atoms with E-state index in [0.29, 0.717) is 6.42 Å². The summed E-state index contributed by atoms with van der Waals surface area (Å²) in [5.74, 6) is -0.135. The molecular weight excluding hydrogens is 328 g/mol. The quantitative estimate of drug-likeness (QED) is 0.596. The number of rotatable bonds is 4. The third kappa shape index (κ3) is 3.67. The molecule has 0 radical (unpaired) electrons. The van der Waals surface area contributed by atoms with E-state index in [1.165, 1.54) is 24.0 Å². The summed E-state index contributed by atoms with van der Waals surface area (Å²) < 4.78 is 0. The van der Waals surface area contributed by atoms with Crippen LogP contribution in [0.1, 0.15) is 68.7 Å². The van der Waals surface area contributed by atoms with Gasteiger partial charge in [0.1, 0.15) is 6.29 Å². The van der Waals surface area contributed by atoms with Crippen LogP contribution in [0.25, 0.3) is 0 Å². The lowest BCUT2D eigenvalue weighted by atomic mass is 9.62. The monoisotopic (exact) mass is 354 g/mol. The van der Waals surface area contributed by atoms with Crippen molar-refractivity contribution in [3.63, 3.8) is 0 Å². The van der Waals surface area contributed by atoms with Gasteiger partial charge in [-0.3, -0.25) is 0 Å². The van der Waals surface area contributed by atoms with Crippen LogP contribution in [0.4, 0.5) is 0 Å². The van der Waals surface area contributed by atoms with Gasteiger partial charge in [0.2, 0.25) is 0 Å². The van der Waals surface area contributed by atoms with Gasteiger partial charge in [0.25, 0.3) is 0 Å². The van der Waals surface area contributed by atoms with Gasteiger partial charge in [-0.15, -0.1) is 0 Å². The van der Waals surface area contributed by atoms with Crippen LogP contribution in [0, 0.1) is 0 Å². The van der Waals surface area contributed by atoms with Crippen LogP contribution in [-0.2, 0) is 22.0 Å². The van der Waals surface area contributed by atoms with Gasteiger partial charge in [-0.05, 0) is 64.5 Å². The summed E-state index contributed by atoms with van der Waals surface area (Å²) in [6, 6.07) is 14.5. The van der Waals surface area contributed by atoms with Gasteiger partial charge in [-0.2, -0.15) is 0 Å². The van der Waals surface area contributed by atoms with Gasteiger partial charge in [0.15, 0.2) is 0 Å². The van der Waals surface area contributed by atoms with Crippen LogP contribution >= 0.6 is 11.6 Å². The van der Waals surface area contributed by atoms with Crippen molar-refractivity contribution in [1.82, 2.24) is 0 Å². The number of hydrogen-bond donors (Lipinski definition) is 0. The molecule has 0 aromatic heterocycles. The van der Waals surface area contributed by atoms with Crippen LogP contribution in [0.5, 0.6) is 0 Å². The van der Waals surface area contributed by atoms with E-state index >= 15 is 0 Å². The average Bonchev–Trinajstić information content (AvgIpc) is 2.57. The second-order valence-electron chi connectivity index (χ2n) is 8.65. The number of aldehydes is 1. The van der Waals surface area contributed by atoms with E-state index in [1.54, 1.807) is 0 Å². The lowest BCUT2D eigenvalue weighted by molar-refractivity contribution is -0.109. The van der Waals surface area contributed by atoms with E-state index in [0.717, 1.165) is 22.4 Å². The van der Waals surface area contributed by atoms with Gasteiger partial charge in [-0.25, -0.2) is 0 Å². The highest BCUT2D eigenvalue weighted by atomic mass is 35.5. The third-order valence-electron chi connectivity index (χ3n) is 5.81. The zero-order chi connectivity index (χ0) is 18.2. The van der Waals surface area contributed by atoms with Gasteiger partial charge in [0, 0.05) is 10.9 Å². The molecule has 3 rings (SSSR count). The van der Waals surface area contributed by atoms with E-state index in [9.17, 15) is 4.79 Å². The highest BCUT2D eigenvalue weighted by molar-refractivity contribution is 6.30. The minimum absolute atomic E-state index is 0.135. The first-order valence-electron chi connectivity index (χ1n) is 9.08. The Hall–Kier alpha value is -1.60. The van der Waals surface area contributed by atoms with Crippen molar-refractivity contribution in [2.75, 3.05) is 0 Å². The number of fused-ring (bicyclic) bond motifs is 1. The summed E-state index contributed by atoms with van der Waals surface area (Å²) in [6.45, 7) is 9.28. The lowest BCUT2D eigenvalue weighted by Gasteiger charge is -2.42. The van der Waals surface area contributed by atoms with Crippen molar-refractivity contribution in [1.29, 1.82) is 0 Å². The summed E-state index contributed by atoms with van der Waals surface area (Å²) in [5.41, 5.74) is 5.40. The van der Waals surface area contributed by atoms with Crippen LogP contribution in [0.3, 0.4) is 0 Å². The molecule has 0 spiro atoms. The Kier molecular flexibility index (Phi) is 4.81. The summed E-state index contributed by atoms with van der Waals surface area (Å²) >= 11 is 6.09. The smallest absolute Gasteiger partial charge is 0.127 e.